The molecule has 0 heterocycles. The number of nitrogens with one attached hydrogen (secondary N) is 1. The summed E-state index contributed by atoms with van der Waals surface area (Å²) in [6, 6.07) is 9.30. The van der Waals surface area contributed by atoms with Crippen molar-refractivity contribution in [1.82, 2.24) is 4.90 Å². The number of hydrogen-bond donors (Lipinski definition) is 2. The molecule has 110 valence electrons. The Labute approximate surface area is 120 Å². The third-order valence-electron chi connectivity index (χ3n) is 3.03. The Kier molecular flexibility index (Phi) is 6.73. The van der Waals surface area contributed by atoms with Crippen LogP contribution in [0.15, 0.2) is 30.3 Å². The van der Waals surface area contributed by atoms with Gasteiger partial charge in [0.05, 0.1) is 6.54 Å². The van der Waals surface area contributed by atoms with E-state index in [0.717, 1.165) is 18.7 Å². The van der Waals surface area contributed by atoms with Crippen LogP contribution in [0.4, 0.5) is 5.69 Å². The van der Waals surface area contributed by atoms with Crippen molar-refractivity contribution >= 4 is 17.5 Å². The first-order valence-corrected chi connectivity index (χ1v) is 6.90. The Balaban J connectivity index is 2.51. The first-order chi connectivity index (χ1) is 9.52. The normalized spacial score (nSPS) is 12.2. The van der Waals surface area contributed by atoms with Crippen molar-refractivity contribution in [2.45, 2.75) is 32.7 Å². The summed E-state index contributed by atoms with van der Waals surface area (Å²) in [5.74, 6) is -0.428. The molecule has 0 spiro atoms. The summed E-state index contributed by atoms with van der Waals surface area (Å²) in [5, 5.41) is 2.84. The lowest BCUT2D eigenvalue weighted by Gasteiger charge is -2.27. The van der Waals surface area contributed by atoms with E-state index in [-0.39, 0.29) is 24.4 Å². The van der Waals surface area contributed by atoms with Gasteiger partial charge in [0.2, 0.25) is 11.8 Å². The standard InChI is InChI=1S/C15H23N3O2/c1-3-9-18(11-14(16)19)12(2)10-15(20)17-13-7-5-4-6-8-13/h4-8,12H,3,9-11H2,1-2H3,(H2,16,19)(H,17,20)/t12-/m1/s1. The fourth-order valence-corrected chi connectivity index (χ4v) is 2.07. The number of rotatable bonds is 8. The number of hydrogen-bond acceptors (Lipinski definition) is 3. The molecule has 0 aliphatic heterocycles. The van der Waals surface area contributed by atoms with Crippen molar-refractivity contribution in [3.05, 3.63) is 30.3 Å². The van der Waals surface area contributed by atoms with Crippen LogP contribution >= 0.6 is 0 Å². The van der Waals surface area contributed by atoms with Gasteiger partial charge in [0, 0.05) is 18.2 Å². The Morgan fingerprint density at radius 3 is 2.50 bits per heavy atom. The quantitative estimate of drug-likeness (QED) is 0.758. The van der Waals surface area contributed by atoms with Crippen LogP contribution in [0.1, 0.15) is 26.7 Å². The fraction of sp³-hybridized carbons (Fsp3) is 0.467. The zero-order valence-electron chi connectivity index (χ0n) is 12.1. The highest BCUT2D eigenvalue weighted by Crippen LogP contribution is 2.09. The summed E-state index contributed by atoms with van der Waals surface area (Å²) in [7, 11) is 0. The molecule has 3 N–H and O–H groups in total. The number of benzene rings is 1. The molecule has 1 rings (SSSR count). The average Bonchev–Trinajstić information content (AvgIpc) is 2.38. The van der Waals surface area contributed by atoms with Gasteiger partial charge in [0.25, 0.3) is 0 Å². The number of anilines is 1. The van der Waals surface area contributed by atoms with E-state index in [1.54, 1.807) is 0 Å². The molecule has 0 aliphatic rings. The monoisotopic (exact) mass is 277 g/mol. The van der Waals surface area contributed by atoms with Gasteiger partial charge in [-0.1, -0.05) is 25.1 Å². The number of carbonyl (C=O) groups is 2. The minimum absolute atomic E-state index is 0.0221. The van der Waals surface area contributed by atoms with E-state index in [1.807, 2.05) is 49.1 Å². The van der Waals surface area contributed by atoms with Gasteiger partial charge >= 0.3 is 0 Å². The molecule has 0 saturated carbocycles. The number of para-hydroxylation sites is 1. The fourth-order valence-electron chi connectivity index (χ4n) is 2.07. The van der Waals surface area contributed by atoms with Crippen LogP contribution in [0, 0.1) is 0 Å². The van der Waals surface area contributed by atoms with Crippen LogP contribution in [-0.4, -0.2) is 35.8 Å². The lowest BCUT2D eigenvalue weighted by Crippen LogP contribution is -2.41. The van der Waals surface area contributed by atoms with Crippen molar-refractivity contribution in [3.63, 3.8) is 0 Å². The second-order valence-electron chi connectivity index (χ2n) is 4.90. The highest BCUT2D eigenvalue weighted by molar-refractivity contribution is 5.91. The van der Waals surface area contributed by atoms with Crippen molar-refractivity contribution in [2.24, 2.45) is 5.73 Å². The molecule has 1 aromatic rings. The predicted octanol–water partition coefficient (Wildman–Crippen LogP) is 1.60. The second-order valence-corrected chi connectivity index (χ2v) is 4.90. The molecule has 0 aromatic heterocycles. The Morgan fingerprint density at radius 2 is 1.95 bits per heavy atom. The molecule has 2 amide bonds. The van der Waals surface area contributed by atoms with Gasteiger partial charge < -0.3 is 11.1 Å². The molecule has 0 aliphatic carbocycles. The third kappa shape index (κ3) is 5.84. The van der Waals surface area contributed by atoms with Crippen LogP contribution in [0.5, 0.6) is 0 Å². The topological polar surface area (TPSA) is 75.4 Å². The Hall–Kier alpha value is -1.88. The van der Waals surface area contributed by atoms with Crippen LogP contribution in [0.2, 0.25) is 0 Å². The van der Waals surface area contributed by atoms with Gasteiger partial charge in [-0.15, -0.1) is 0 Å². The predicted molar refractivity (Wildman–Crippen MR) is 80.2 cm³/mol. The van der Waals surface area contributed by atoms with Crippen LogP contribution in [0.25, 0.3) is 0 Å². The molecule has 0 bridgehead atoms. The molecule has 20 heavy (non-hydrogen) atoms. The second kappa shape index (κ2) is 8.32. The van der Waals surface area contributed by atoms with E-state index in [1.165, 1.54) is 0 Å². The van der Waals surface area contributed by atoms with Crippen LogP contribution in [-0.2, 0) is 9.59 Å². The summed E-state index contributed by atoms with van der Waals surface area (Å²) >= 11 is 0. The molecule has 0 radical (unpaired) electrons. The highest BCUT2D eigenvalue weighted by Gasteiger charge is 2.18. The Bertz CT molecular complexity index is 434. The van der Waals surface area contributed by atoms with E-state index in [2.05, 4.69) is 5.32 Å². The van der Waals surface area contributed by atoms with Crippen molar-refractivity contribution in [1.29, 1.82) is 0 Å². The van der Waals surface area contributed by atoms with Crippen LogP contribution < -0.4 is 11.1 Å². The molecule has 5 nitrogen and oxygen atoms in total. The zero-order chi connectivity index (χ0) is 15.0. The lowest BCUT2D eigenvalue weighted by atomic mass is 10.1. The lowest BCUT2D eigenvalue weighted by molar-refractivity contribution is -0.121. The maximum absolute atomic E-state index is 12.0. The van der Waals surface area contributed by atoms with Gasteiger partial charge in [0.1, 0.15) is 0 Å². The summed E-state index contributed by atoms with van der Waals surface area (Å²) in [4.78, 5) is 24.9. The first kappa shape index (κ1) is 16.2. The largest absolute Gasteiger partial charge is 0.369 e. The zero-order valence-corrected chi connectivity index (χ0v) is 12.1. The molecule has 0 saturated heterocycles. The van der Waals surface area contributed by atoms with Gasteiger partial charge in [-0.05, 0) is 32.0 Å². The van der Waals surface area contributed by atoms with Gasteiger partial charge in [-0.3, -0.25) is 14.5 Å². The maximum Gasteiger partial charge on any atom is 0.231 e. The van der Waals surface area contributed by atoms with Crippen molar-refractivity contribution in [2.75, 3.05) is 18.4 Å². The van der Waals surface area contributed by atoms with E-state index >= 15 is 0 Å². The number of nitrogens with two attached hydrogens (primary N) is 1. The number of primary amides is 1. The minimum Gasteiger partial charge on any atom is -0.369 e. The summed E-state index contributed by atoms with van der Waals surface area (Å²) in [6.45, 7) is 4.91. The van der Waals surface area contributed by atoms with E-state index < -0.39 is 0 Å². The first-order valence-electron chi connectivity index (χ1n) is 6.90. The van der Waals surface area contributed by atoms with Gasteiger partial charge in [0.15, 0.2) is 0 Å². The van der Waals surface area contributed by atoms with E-state index in [0.29, 0.717) is 6.42 Å². The maximum atomic E-state index is 12.0. The van der Waals surface area contributed by atoms with E-state index in [9.17, 15) is 9.59 Å². The van der Waals surface area contributed by atoms with Crippen molar-refractivity contribution in [3.8, 4) is 0 Å². The molecular formula is C15H23N3O2. The van der Waals surface area contributed by atoms with Gasteiger partial charge in [-0.2, -0.15) is 0 Å². The molecule has 0 unspecified atom stereocenters. The Morgan fingerprint density at radius 1 is 1.30 bits per heavy atom. The summed E-state index contributed by atoms with van der Waals surface area (Å²) < 4.78 is 0. The molecule has 0 fully saturated rings. The molecule has 1 atom stereocenters. The van der Waals surface area contributed by atoms with Gasteiger partial charge in [-0.25, -0.2) is 0 Å². The molecular weight excluding hydrogens is 254 g/mol. The number of amides is 2. The van der Waals surface area contributed by atoms with Crippen LogP contribution in [0.3, 0.4) is 0 Å². The summed E-state index contributed by atoms with van der Waals surface area (Å²) in [6.07, 6.45) is 1.25. The average molecular weight is 277 g/mol. The molecule has 1 aromatic carbocycles. The SMILES string of the molecule is CCCN(CC(N)=O)[C@H](C)CC(=O)Nc1ccccc1. The minimum atomic E-state index is -0.367. The summed E-state index contributed by atoms with van der Waals surface area (Å²) in [5.41, 5.74) is 6.01. The molecule has 5 heteroatoms. The highest BCUT2D eigenvalue weighted by atomic mass is 16.2. The smallest absolute Gasteiger partial charge is 0.231 e. The number of nitrogens with zero attached hydrogens (tertiary/aromatic N) is 1. The van der Waals surface area contributed by atoms with Crippen molar-refractivity contribution < 1.29 is 9.59 Å². The third-order valence-corrected chi connectivity index (χ3v) is 3.03. The van der Waals surface area contributed by atoms with E-state index in [4.69, 9.17) is 5.73 Å². The number of carbonyl (C=O) groups excluding carboxylic acids is 2.